The Hall–Kier alpha value is -8.38. The van der Waals surface area contributed by atoms with Gasteiger partial charge in [-0.05, 0) is 119 Å². The van der Waals surface area contributed by atoms with Crippen LogP contribution in [0, 0.1) is 36.2 Å². The van der Waals surface area contributed by atoms with Gasteiger partial charge in [0.2, 0.25) is 0 Å². The molecular weight excluding hydrogens is 764 g/mol. The average Bonchev–Trinajstić information content (AvgIpc) is 3.80. The Balaban J connectivity index is 1.29. The van der Waals surface area contributed by atoms with Gasteiger partial charge in [0.25, 0.3) is 0 Å². The number of nitriles is 2. The second kappa shape index (κ2) is 14.2. The summed E-state index contributed by atoms with van der Waals surface area (Å²) in [6.45, 7) is 9.04. The van der Waals surface area contributed by atoms with Gasteiger partial charge in [0, 0.05) is 21.5 Å². The predicted octanol–water partition coefficient (Wildman–Crippen LogP) is 14.5. The molecule has 0 aliphatic carbocycles. The molecule has 0 amide bonds. The Morgan fingerprint density at radius 1 is 0.492 bits per heavy atom. The minimum absolute atomic E-state index is 0.340. The van der Waals surface area contributed by atoms with Crippen molar-refractivity contribution >= 4 is 49.3 Å². The zero-order valence-electron chi connectivity index (χ0n) is 32.5. The molecule has 0 fully saturated rings. The standard InChI is InChI=1S/C53H30F3N5/c1-32-23-38(25-40(24-32)53(54,55)56)39-28-51(60-47-9-5-3-7-42(47)44-26-36(17-21-49(44)60)34-13-11-33(30-57)12-14-34)46(31-58)52(29-39)61-48-10-6-4-8-43(48)45-27-37(18-22-50(45)61)35-15-19-41(59-2)20-16-35/h3-29H,1H3. The lowest BCUT2D eigenvalue weighted by molar-refractivity contribution is -0.137. The van der Waals surface area contributed by atoms with Crippen LogP contribution in [0.25, 0.3) is 93.2 Å². The molecule has 0 aliphatic rings. The lowest BCUT2D eigenvalue weighted by Crippen LogP contribution is -2.07. The molecule has 0 aliphatic heterocycles. The Morgan fingerprint density at radius 3 is 1.46 bits per heavy atom. The molecule has 288 valence electrons. The van der Waals surface area contributed by atoms with Crippen LogP contribution < -0.4 is 0 Å². The molecule has 8 aromatic carbocycles. The topological polar surface area (TPSA) is 61.8 Å². The van der Waals surface area contributed by atoms with Crippen molar-refractivity contribution in [3.8, 4) is 56.9 Å². The molecule has 0 atom stereocenters. The molecule has 10 rings (SSSR count). The third-order valence-electron chi connectivity index (χ3n) is 11.5. The predicted molar refractivity (Wildman–Crippen MR) is 237 cm³/mol. The molecule has 0 bridgehead atoms. The molecule has 61 heavy (non-hydrogen) atoms. The lowest BCUT2D eigenvalue weighted by Gasteiger charge is -2.19. The number of para-hydroxylation sites is 2. The van der Waals surface area contributed by atoms with Gasteiger partial charge in [-0.15, -0.1) is 0 Å². The van der Waals surface area contributed by atoms with Gasteiger partial charge in [-0.25, -0.2) is 4.85 Å². The SMILES string of the molecule is [C-]#[N+]c1ccc(-c2ccc3c(c2)c2ccccc2n3-c2cc(-c3cc(C)cc(C(F)(F)F)c3)cc(-n3c4ccccc4c4cc(-c5ccc(C#N)cc5)ccc43)c2C#N)cc1. The van der Waals surface area contributed by atoms with E-state index in [9.17, 15) is 23.7 Å². The number of halogens is 3. The molecular formula is C53H30F3N5. The van der Waals surface area contributed by atoms with Gasteiger partial charge >= 0.3 is 6.18 Å². The number of hydrogen-bond donors (Lipinski definition) is 0. The number of rotatable bonds is 5. The quantitative estimate of drug-likeness (QED) is 0.163. The molecule has 8 heteroatoms. The van der Waals surface area contributed by atoms with Crippen molar-refractivity contribution in [3.63, 3.8) is 0 Å². The Morgan fingerprint density at radius 2 is 0.967 bits per heavy atom. The number of fused-ring (bicyclic) bond motifs is 6. The first-order valence-corrected chi connectivity index (χ1v) is 19.5. The van der Waals surface area contributed by atoms with Crippen LogP contribution in [-0.2, 0) is 6.18 Å². The van der Waals surface area contributed by atoms with E-state index in [1.165, 1.54) is 6.07 Å². The number of aryl methyl sites for hydroxylation is 1. The van der Waals surface area contributed by atoms with E-state index in [1.807, 2.05) is 118 Å². The second-order valence-corrected chi connectivity index (χ2v) is 15.1. The van der Waals surface area contributed by atoms with Crippen LogP contribution in [0.4, 0.5) is 18.9 Å². The number of benzene rings is 8. The molecule has 5 nitrogen and oxygen atoms in total. The maximum atomic E-state index is 14.4. The van der Waals surface area contributed by atoms with E-state index in [-0.39, 0.29) is 0 Å². The first-order chi connectivity index (χ1) is 29.6. The Labute approximate surface area is 348 Å². The Kier molecular flexibility index (Phi) is 8.58. The molecule has 0 radical (unpaired) electrons. The van der Waals surface area contributed by atoms with E-state index in [0.717, 1.165) is 71.9 Å². The van der Waals surface area contributed by atoms with Gasteiger partial charge in [0.1, 0.15) is 11.6 Å². The van der Waals surface area contributed by atoms with E-state index in [0.29, 0.717) is 44.9 Å². The van der Waals surface area contributed by atoms with Crippen LogP contribution in [-0.4, -0.2) is 9.13 Å². The lowest BCUT2D eigenvalue weighted by atomic mass is 9.96. The van der Waals surface area contributed by atoms with Gasteiger partial charge in [0.15, 0.2) is 5.69 Å². The normalized spacial score (nSPS) is 11.6. The van der Waals surface area contributed by atoms with Crippen molar-refractivity contribution in [2.24, 2.45) is 0 Å². The van der Waals surface area contributed by atoms with Gasteiger partial charge in [-0.1, -0.05) is 91.0 Å². The smallest absolute Gasteiger partial charge is 0.308 e. The third kappa shape index (κ3) is 6.16. The van der Waals surface area contributed by atoms with Crippen LogP contribution in [0.5, 0.6) is 0 Å². The summed E-state index contributed by atoms with van der Waals surface area (Å²) in [7, 11) is 0. The maximum Gasteiger partial charge on any atom is 0.416 e. The molecule has 0 N–H and O–H groups in total. The fraction of sp³-hybridized carbons (Fsp3) is 0.0377. The highest BCUT2D eigenvalue weighted by Gasteiger charge is 2.31. The van der Waals surface area contributed by atoms with Gasteiger partial charge < -0.3 is 9.13 Å². The van der Waals surface area contributed by atoms with E-state index in [4.69, 9.17) is 6.57 Å². The fourth-order valence-corrected chi connectivity index (χ4v) is 8.65. The van der Waals surface area contributed by atoms with Crippen molar-refractivity contribution < 1.29 is 13.2 Å². The summed E-state index contributed by atoms with van der Waals surface area (Å²) in [6, 6.07) is 55.4. The van der Waals surface area contributed by atoms with Crippen LogP contribution >= 0.6 is 0 Å². The van der Waals surface area contributed by atoms with Crippen molar-refractivity contribution in [2.45, 2.75) is 13.1 Å². The first-order valence-electron chi connectivity index (χ1n) is 19.5. The number of aromatic nitrogens is 2. The molecule has 0 unspecified atom stereocenters. The monoisotopic (exact) mass is 793 g/mol. The number of hydrogen-bond acceptors (Lipinski definition) is 2. The summed E-state index contributed by atoms with van der Waals surface area (Å²) in [5.41, 5.74) is 10.1. The highest BCUT2D eigenvalue weighted by atomic mass is 19.4. The van der Waals surface area contributed by atoms with E-state index < -0.39 is 11.7 Å². The summed E-state index contributed by atoms with van der Waals surface area (Å²) < 4.78 is 47.3. The van der Waals surface area contributed by atoms with E-state index in [2.05, 4.69) is 29.1 Å². The molecule has 10 aromatic rings. The molecule has 0 saturated carbocycles. The highest BCUT2D eigenvalue weighted by Crippen LogP contribution is 2.43. The maximum absolute atomic E-state index is 14.4. The summed E-state index contributed by atoms with van der Waals surface area (Å²) >= 11 is 0. The average molecular weight is 794 g/mol. The Bertz CT molecular complexity index is 3350. The van der Waals surface area contributed by atoms with Crippen molar-refractivity contribution in [1.82, 2.24) is 9.13 Å². The summed E-state index contributed by atoms with van der Waals surface area (Å²) in [6.07, 6.45) is -4.57. The molecule has 2 aromatic heterocycles. The van der Waals surface area contributed by atoms with Crippen LogP contribution in [0.15, 0.2) is 164 Å². The molecule has 0 saturated heterocycles. The minimum Gasteiger partial charge on any atom is -0.308 e. The molecule has 0 spiro atoms. The minimum atomic E-state index is -4.57. The zero-order chi connectivity index (χ0) is 42.0. The molecule has 2 heterocycles. The fourth-order valence-electron chi connectivity index (χ4n) is 8.65. The first kappa shape index (κ1) is 36.9. The van der Waals surface area contributed by atoms with Gasteiger partial charge in [0.05, 0.1) is 57.2 Å². The summed E-state index contributed by atoms with van der Waals surface area (Å²) in [5.74, 6) is 0. The largest absolute Gasteiger partial charge is 0.416 e. The van der Waals surface area contributed by atoms with Crippen LogP contribution in [0.3, 0.4) is 0 Å². The van der Waals surface area contributed by atoms with E-state index >= 15 is 0 Å². The van der Waals surface area contributed by atoms with Crippen LogP contribution in [0.1, 0.15) is 22.3 Å². The van der Waals surface area contributed by atoms with Crippen molar-refractivity contribution in [1.29, 1.82) is 10.5 Å². The van der Waals surface area contributed by atoms with Crippen molar-refractivity contribution in [2.75, 3.05) is 0 Å². The van der Waals surface area contributed by atoms with Crippen molar-refractivity contribution in [3.05, 3.63) is 197 Å². The highest BCUT2D eigenvalue weighted by molar-refractivity contribution is 6.12. The zero-order valence-corrected chi connectivity index (χ0v) is 32.5. The van der Waals surface area contributed by atoms with Crippen LogP contribution in [0.2, 0.25) is 0 Å². The number of alkyl halides is 3. The van der Waals surface area contributed by atoms with E-state index in [1.54, 1.807) is 37.3 Å². The summed E-state index contributed by atoms with van der Waals surface area (Å²) in [5, 5.41) is 24.5. The third-order valence-corrected chi connectivity index (χ3v) is 11.5. The summed E-state index contributed by atoms with van der Waals surface area (Å²) in [4.78, 5) is 3.53. The number of nitrogens with zero attached hydrogens (tertiary/aromatic N) is 5. The second-order valence-electron chi connectivity index (χ2n) is 15.1. The van der Waals surface area contributed by atoms with Gasteiger partial charge in [-0.3, -0.25) is 0 Å². The van der Waals surface area contributed by atoms with Gasteiger partial charge in [-0.2, -0.15) is 23.7 Å².